The van der Waals surface area contributed by atoms with E-state index in [9.17, 15) is 14.9 Å². The molecule has 2 aliphatic rings. The number of carbonyl (C=O) groups excluding carboxylic acids is 1. The Morgan fingerprint density at radius 3 is 2.62 bits per heavy atom. The highest BCUT2D eigenvalue weighted by Gasteiger charge is 2.29. The number of hydrogen-bond acceptors (Lipinski definition) is 7. The highest BCUT2D eigenvalue weighted by molar-refractivity contribution is 6.14. The van der Waals surface area contributed by atoms with Crippen LogP contribution in [0.2, 0.25) is 0 Å². The Balaban J connectivity index is 1.86. The van der Waals surface area contributed by atoms with E-state index in [1.165, 1.54) is 24.3 Å². The van der Waals surface area contributed by atoms with Gasteiger partial charge in [0.25, 0.3) is 11.6 Å². The van der Waals surface area contributed by atoms with Crippen molar-refractivity contribution in [3.05, 3.63) is 63.2 Å². The Hall–Kier alpha value is -3.46. The SMILES string of the molecule is COCC(=O)N1N=C(c2ccc([N+](=O)[O-])cc2)c2cc3c(cc2CC1C)OCO3. The molecule has 1 amide bonds. The van der Waals surface area contributed by atoms with Crippen molar-refractivity contribution in [3.8, 4) is 11.5 Å². The molecule has 1 atom stereocenters. The third-order valence-electron chi connectivity index (χ3n) is 4.87. The zero-order valence-corrected chi connectivity index (χ0v) is 16.0. The first-order chi connectivity index (χ1) is 14.0. The Morgan fingerprint density at radius 1 is 1.28 bits per heavy atom. The Labute approximate surface area is 166 Å². The molecular weight excluding hydrogens is 378 g/mol. The average Bonchev–Trinajstić information content (AvgIpc) is 3.10. The summed E-state index contributed by atoms with van der Waals surface area (Å²) in [5.41, 5.74) is 2.91. The number of nitro benzene ring substituents is 1. The van der Waals surface area contributed by atoms with E-state index in [4.69, 9.17) is 14.2 Å². The van der Waals surface area contributed by atoms with E-state index >= 15 is 0 Å². The number of nitro groups is 1. The van der Waals surface area contributed by atoms with Crippen LogP contribution in [0.1, 0.15) is 23.6 Å². The number of benzene rings is 2. The van der Waals surface area contributed by atoms with Crippen LogP contribution in [0.4, 0.5) is 5.69 Å². The summed E-state index contributed by atoms with van der Waals surface area (Å²) in [7, 11) is 1.45. The normalized spacial score (nSPS) is 17.4. The summed E-state index contributed by atoms with van der Waals surface area (Å²) in [6, 6.07) is 9.61. The van der Waals surface area contributed by atoms with Crippen molar-refractivity contribution in [2.24, 2.45) is 5.10 Å². The van der Waals surface area contributed by atoms with Crippen LogP contribution in [0.15, 0.2) is 41.5 Å². The van der Waals surface area contributed by atoms with Crippen LogP contribution in [-0.2, 0) is 16.0 Å². The fourth-order valence-electron chi connectivity index (χ4n) is 3.48. The van der Waals surface area contributed by atoms with E-state index in [0.29, 0.717) is 29.2 Å². The summed E-state index contributed by atoms with van der Waals surface area (Å²) >= 11 is 0. The lowest BCUT2D eigenvalue weighted by Gasteiger charge is -2.23. The first-order valence-corrected chi connectivity index (χ1v) is 9.05. The Morgan fingerprint density at radius 2 is 1.97 bits per heavy atom. The second kappa shape index (κ2) is 7.51. The van der Waals surface area contributed by atoms with Crippen LogP contribution >= 0.6 is 0 Å². The summed E-state index contributed by atoms with van der Waals surface area (Å²) in [5, 5.41) is 17.1. The number of hydrazone groups is 1. The van der Waals surface area contributed by atoms with Gasteiger partial charge in [-0.2, -0.15) is 5.10 Å². The lowest BCUT2D eigenvalue weighted by molar-refractivity contribution is -0.384. The fraction of sp³-hybridized carbons (Fsp3) is 0.300. The monoisotopic (exact) mass is 397 g/mol. The van der Waals surface area contributed by atoms with E-state index < -0.39 is 4.92 Å². The molecule has 9 heteroatoms. The van der Waals surface area contributed by atoms with E-state index in [1.807, 2.05) is 19.1 Å². The maximum atomic E-state index is 12.6. The number of ether oxygens (including phenoxy) is 3. The molecule has 0 saturated carbocycles. The molecule has 150 valence electrons. The van der Waals surface area contributed by atoms with Gasteiger partial charge in [0.1, 0.15) is 6.61 Å². The third kappa shape index (κ3) is 3.52. The van der Waals surface area contributed by atoms with Crippen LogP contribution in [0, 0.1) is 10.1 Å². The van der Waals surface area contributed by atoms with E-state index in [-0.39, 0.29) is 31.0 Å². The number of nitrogens with zero attached hydrogens (tertiary/aromatic N) is 3. The molecule has 2 aromatic rings. The van der Waals surface area contributed by atoms with Gasteiger partial charge in [-0.1, -0.05) is 0 Å². The molecule has 2 aromatic carbocycles. The molecule has 0 saturated heterocycles. The highest BCUT2D eigenvalue weighted by Crippen LogP contribution is 2.37. The number of methoxy groups -OCH3 is 1. The zero-order chi connectivity index (χ0) is 20.5. The molecule has 0 bridgehead atoms. The van der Waals surface area contributed by atoms with E-state index in [2.05, 4.69) is 5.10 Å². The lowest BCUT2D eigenvalue weighted by atomic mass is 9.94. The van der Waals surface area contributed by atoms with Gasteiger partial charge >= 0.3 is 0 Å². The molecule has 0 radical (unpaired) electrons. The van der Waals surface area contributed by atoms with Crippen LogP contribution < -0.4 is 9.47 Å². The minimum atomic E-state index is -0.457. The van der Waals surface area contributed by atoms with Gasteiger partial charge < -0.3 is 14.2 Å². The fourth-order valence-corrected chi connectivity index (χ4v) is 3.48. The third-order valence-corrected chi connectivity index (χ3v) is 4.87. The molecule has 29 heavy (non-hydrogen) atoms. The van der Waals surface area contributed by atoms with Crippen LogP contribution in [0.5, 0.6) is 11.5 Å². The number of amides is 1. The molecular formula is C20H19N3O6. The first-order valence-electron chi connectivity index (χ1n) is 9.05. The summed E-state index contributed by atoms with van der Waals surface area (Å²) in [5.74, 6) is 0.977. The molecule has 0 N–H and O–H groups in total. The topological polar surface area (TPSA) is 104 Å². The molecule has 9 nitrogen and oxygen atoms in total. The second-order valence-corrected chi connectivity index (χ2v) is 6.84. The van der Waals surface area contributed by atoms with Gasteiger partial charge in [0, 0.05) is 30.4 Å². The number of hydrogen-bond donors (Lipinski definition) is 0. The van der Waals surface area contributed by atoms with Gasteiger partial charge in [-0.25, -0.2) is 5.01 Å². The first kappa shape index (κ1) is 18.9. The van der Waals surface area contributed by atoms with Crippen molar-refractivity contribution < 1.29 is 23.9 Å². The average molecular weight is 397 g/mol. The van der Waals surface area contributed by atoms with E-state index in [0.717, 1.165) is 11.1 Å². The molecule has 1 unspecified atom stereocenters. The number of carbonyl (C=O) groups is 1. The standard InChI is InChI=1S/C20H19N3O6/c1-12-7-14-8-17-18(29-11-28-17)9-16(14)20(21-22(12)19(24)10-27-2)13-3-5-15(6-4-13)23(25)26/h3-6,8-9,12H,7,10-11H2,1-2H3. The second-order valence-electron chi connectivity index (χ2n) is 6.84. The van der Waals surface area contributed by atoms with E-state index in [1.54, 1.807) is 12.1 Å². The van der Waals surface area contributed by atoms with Crippen molar-refractivity contribution in [1.29, 1.82) is 0 Å². The minimum absolute atomic E-state index is 0.0189. The Bertz CT molecular complexity index is 1000. The summed E-state index contributed by atoms with van der Waals surface area (Å²) < 4.78 is 16.0. The van der Waals surface area contributed by atoms with Gasteiger partial charge in [-0.15, -0.1) is 0 Å². The van der Waals surface area contributed by atoms with Crippen molar-refractivity contribution in [1.82, 2.24) is 5.01 Å². The molecule has 0 aromatic heterocycles. The zero-order valence-electron chi connectivity index (χ0n) is 16.0. The van der Waals surface area contributed by atoms with Gasteiger partial charge in [-0.3, -0.25) is 14.9 Å². The maximum absolute atomic E-state index is 12.6. The predicted octanol–water partition coefficient (Wildman–Crippen LogP) is 2.50. The molecule has 0 fully saturated rings. The molecule has 2 aliphatic heterocycles. The summed E-state index contributed by atoms with van der Waals surface area (Å²) in [4.78, 5) is 23.1. The molecule has 0 spiro atoms. The summed E-state index contributed by atoms with van der Waals surface area (Å²) in [6.07, 6.45) is 0.557. The molecule has 2 heterocycles. The quantitative estimate of drug-likeness (QED) is 0.580. The van der Waals surface area contributed by atoms with Gasteiger partial charge in [-0.05, 0) is 43.2 Å². The van der Waals surface area contributed by atoms with Crippen LogP contribution in [0.25, 0.3) is 0 Å². The van der Waals surface area contributed by atoms with Crippen molar-refractivity contribution in [2.75, 3.05) is 20.5 Å². The molecule has 0 aliphatic carbocycles. The van der Waals surface area contributed by atoms with Crippen molar-refractivity contribution in [3.63, 3.8) is 0 Å². The van der Waals surface area contributed by atoms with Crippen LogP contribution in [-0.4, -0.2) is 48.1 Å². The van der Waals surface area contributed by atoms with Crippen molar-refractivity contribution >= 4 is 17.3 Å². The largest absolute Gasteiger partial charge is 0.454 e. The number of fused-ring (bicyclic) bond motifs is 2. The highest BCUT2D eigenvalue weighted by atomic mass is 16.7. The minimum Gasteiger partial charge on any atom is -0.454 e. The maximum Gasteiger partial charge on any atom is 0.269 e. The van der Waals surface area contributed by atoms with Gasteiger partial charge in [0.05, 0.1) is 16.7 Å². The predicted molar refractivity (Wildman–Crippen MR) is 103 cm³/mol. The van der Waals surface area contributed by atoms with Gasteiger partial charge in [0.15, 0.2) is 11.5 Å². The molecule has 4 rings (SSSR count). The number of non-ortho nitro benzene ring substituents is 1. The van der Waals surface area contributed by atoms with Crippen molar-refractivity contribution in [2.45, 2.75) is 19.4 Å². The number of rotatable bonds is 4. The Kier molecular flexibility index (Phi) is 4.89. The lowest BCUT2D eigenvalue weighted by Crippen LogP contribution is -2.37. The van der Waals surface area contributed by atoms with Crippen LogP contribution in [0.3, 0.4) is 0 Å². The summed E-state index contributed by atoms with van der Waals surface area (Å²) in [6.45, 7) is 1.96. The smallest absolute Gasteiger partial charge is 0.269 e. The van der Waals surface area contributed by atoms with Gasteiger partial charge in [0.2, 0.25) is 6.79 Å².